The first-order valence-corrected chi connectivity index (χ1v) is 8.47. The van der Waals surface area contributed by atoms with Crippen molar-refractivity contribution < 1.29 is 9.53 Å². The van der Waals surface area contributed by atoms with Crippen molar-refractivity contribution in [2.45, 2.75) is 31.7 Å². The zero-order valence-corrected chi connectivity index (χ0v) is 14.1. The summed E-state index contributed by atoms with van der Waals surface area (Å²) in [6, 6.07) is 10.3. The summed E-state index contributed by atoms with van der Waals surface area (Å²) >= 11 is 0. The Morgan fingerprint density at radius 2 is 2.00 bits per heavy atom. The van der Waals surface area contributed by atoms with Crippen molar-refractivity contribution in [3.8, 4) is 0 Å². The predicted molar refractivity (Wildman–Crippen MR) is 90.6 cm³/mol. The number of benzene rings is 1. The standard InChI is InChI=1S/C18H24N4O2/c1-24-12-9-17-20-19-14-22(17)16-7-10-21(11-8-16)18(23)13-15-5-3-2-4-6-15/h2-6,14,16H,7-13H2,1H3. The second-order valence-electron chi connectivity index (χ2n) is 6.17. The zero-order valence-electron chi connectivity index (χ0n) is 14.1. The lowest BCUT2D eigenvalue weighted by Gasteiger charge is -2.33. The molecule has 0 bridgehead atoms. The Morgan fingerprint density at radius 3 is 2.71 bits per heavy atom. The molecule has 0 spiro atoms. The van der Waals surface area contributed by atoms with Crippen LogP contribution in [0.2, 0.25) is 0 Å². The van der Waals surface area contributed by atoms with E-state index < -0.39 is 0 Å². The third-order valence-electron chi connectivity index (χ3n) is 4.59. The normalized spacial score (nSPS) is 15.6. The molecule has 1 fully saturated rings. The molecular weight excluding hydrogens is 304 g/mol. The molecule has 2 aromatic rings. The minimum absolute atomic E-state index is 0.211. The predicted octanol–water partition coefficient (Wildman–Crippen LogP) is 1.87. The summed E-state index contributed by atoms with van der Waals surface area (Å²) in [4.78, 5) is 14.4. The Bertz CT molecular complexity index is 648. The van der Waals surface area contributed by atoms with Crippen LogP contribution in [0.1, 0.15) is 30.3 Å². The van der Waals surface area contributed by atoms with Gasteiger partial charge >= 0.3 is 0 Å². The first-order chi connectivity index (χ1) is 11.8. The van der Waals surface area contributed by atoms with Gasteiger partial charge in [0.15, 0.2) is 0 Å². The van der Waals surface area contributed by atoms with Crippen molar-refractivity contribution in [2.24, 2.45) is 0 Å². The highest BCUT2D eigenvalue weighted by Gasteiger charge is 2.25. The van der Waals surface area contributed by atoms with Gasteiger partial charge in [0, 0.05) is 32.7 Å². The molecule has 1 aromatic heterocycles. The number of hydrogen-bond donors (Lipinski definition) is 0. The molecule has 1 aliphatic heterocycles. The van der Waals surface area contributed by atoms with Crippen molar-refractivity contribution in [1.82, 2.24) is 19.7 Å². The van der Waals surface area contributed by atoms with Crippen molar-refractivity contribution in [1.29, 1.82) is 0 Å². The van der Waals surface area contributed by atoms with Crippen molar-refractivity contribution in [3.63, 3.8) is 0 Å². The summed E-state index contributed by atoms with van der Waals surface area (Å²) < 4.78 is 7.28. The quantitative estimate of drug-likeness (QED) is 0.812. The zero-order chi connectivity index (χ0) is 16.8. The largest absolute Gasteiger partial charge is 0.384 e. The van der Waals surface area contributed by atoms with Crippen LogP contribution in [-0.2, 0) is 22.4 Å². The summed E-state index contributed by atoms with van der Waals surface area (Å²) in [6.07, 6.45) is 4.94. The number of likely N-dealkylation sites (tertiary alicyclic amines) is 1. The molecule has 0 saturated carbocycles. The molecule has 0 unspecified atom stereocenters. The van der Waals surface area contributed by atoms with E-state index in [4.69, 9.17) is 4.74 Å². The van der Waals surface area contributed by atoms with Gasteiger partial charge in [0.25, 0.3) is 0 Å². The van der Waals surface area contributed by atoms with Crippen LogP contribution < -0.4 is 0 Å². The van der Waals surface area contributed by atoms with Crippen LogP contribution in [0.15, 0.2) is 36.7 Å². The molecule has 1 aromatic carbocycles. The number of amides is 1. The van der Waals surface area contributed by atoms with Gasteiger partial charge in [-0.1, -0.05) is 30.3 Å². The van der Waals surface area contributed by atoms with E-state index in [0.29, 0.717) is 19.1 Å². The van der Waals surface area contributed by atoms with Crippen LogP contribution in [0.25, 0.3) is 0 Å². The Labute approximate surface area is 142 Å². The number of rotatable bonds is 6. The van der Waals surface area contributed by atoms with Gasteiger partial charge in [-0.25, -0.2) is 0 Å². The fraction of sp³-hybridized carbons (Fsp3) is 0.500. The maximum absolute atomic E-state index is 12.4. The summed E-state index contributed by atoms with van der Waals surface area (Å²) in [6.45, 7) is 2.23. The van der Waals surface area contributed by atoms with Crippen LogP contribution >= 0.6 is 0 Å². The minimum Gasteiger partial charge on any atom is -0.384 e. The fourth-order valence-electron chi connectivity index (χ4n) is 3.22. The average molecular weight is 328 g/mol. The molecular formula is C18H24N4O2. The summed E-state index contributed by atoms with van der Waals surface area (Å²) in [5, 5.41) is 8.23. The summed E-state index contributed by atoms with van der Waals surface area (Å²) in [5.74, 6) is 1.17. The Balaban J connectivity index is 1.54. The molecule has 1 saturated heterocycles. The molecule has 0 radical (unpaired) electrons. The molecule has 6 heteroatoms. The number of piperidine rings is 1. The van der Waals surface area contributed by atoms with Crippen molar-refractivity contribution in [3.05, 3.63) is 48.0 Å². The highest BCUT2D eigenvalue weighted by atomic mass is 16.5. The van der Waals surface area contributed by atoms with Gasteiger partial charge in [-0.2, -0.15) is 0 Å². The Hall–Kier alpha value is -2.21. The lowest BCUT2D eigenvalue weighted by atomic mass is 10.0. The number of aromatic nitrogens is 3. The van der Waals surface area contributed by atoms with E-state index in [1.54, 1.807) is 13.4 Å². The highest BCUT2D eigenvalue weighted by molar-refractivity contribution is 5.78. The minimum atomic E-state index is 0.211. The van der Waals surface area contributed by atoms with Gasteiger partial charge in [-0.05, 0) is 18.4 Å². The number of carbonyl (C=O) groups excluding carboxylic acids is 1. The molecule has 128 valence electrons. The monoisotopic (exact) mass is 328 g/mol. The van der Waals surface area contributed by atoms with Crippen molar-refractivity contribution >= 4 is 5.91 Å². The van der Waals surface area contributed by atoms with Crippen LogP contribution in [0.3, 0.4) is 0 Å². The van der Waals surface area contributed by atoms with Gasteiger partial charge in [0.2, 0.25) is 5.91 Å². The lowest BCUT2D eigenvalue weighted by Crippen LogP contribution is -2.40. The van der Waals surface area contributed by atoms with Gasteiger partial charge in [-0.3, -0.25) is 4.79 Å². The van der Waals surface area contributed by atoms with Gasteiger partial charge in [0.05, 0.1) is 13.0 Å². The second-order valence-corrected chi connectivity index (χ2v) is 6.17. The lowest BCUT2D eigenvalue weighted by molar-refractivity contribution is -0.131. The van der Waals surface area contributed by atoms with E-state index in [1.165, 1.54) is 0 Å². The summed E-state index contributed by atoms with van der Waals surface area (Å²) in [5.41, 5.74) is 1.07. The van der Waals surface area contributed by atoms with E-state index in [2.05, 4.69) is 14.8 Å². The number of ether oxygens (including phenoxy) is 1. The Morgan fingerprint density at radius 1 is 1.25 bits per heavy atom. The maximum Gasteiger partial charge on any atom is 0.226 e. The maximum atomic E-state index is 12.4. The number of nitrogens with zero attached hydrogens (tertiary/aromatic N) is 4. The van der Waals surface area contributed by atoms with E-state index in [1.807, 2.05) is 35.2 Å². The van der Waals surface area contributed by atoms with Gasteiger partial charge < -0.3 is 14.2 Å². The van der Waals surface area contributed by atoms with Gasteiger partial charge in [-0.15, -0.1) is 10.2 Å². The van der Waals surface area contributed by atoms with Crippen LogP contribution in [0.4, 0.5) is 0 Å². The fourth-order valence-corrected chi connectivity index (χ4v) is 3.22. The average Bonchev–Trinajstić information content (AvgIpc) is 3.09. The molecule has 0 N–H and O–H groups in total. The molecule has 24 heavy (non-hydrogen) atoms. The molecule has 1 aliphatic rings. The van der Waals surface area contributed by atoms with E-state index in [-0.39, 0.29) is 5.91 Å². The second kappa shape index (κ2) is 8.06. The molecule has 3 rings (SSSR count). The first-order valence-electron chi connectivity index (χ1n) is 8.47. The molecule has 0 atom stereocenters. The van der Waals surface area contributed by atoms with E-state index in [0.717, 1.165) is 43.7 Å². The molecule has 6 nitrogen and oxygen atoms in total. The third kappa shape index (κ3) is 4.00. The van der Waals surface area contributed by atoms with Crippen molar-refractivity contribution in [2.75, 3.05) is 26.8 Å². The van der Waals surface area contributed by atoms with E-state index in [9.17, 15) is 4.79 Å². The SMILES string of the molecule is COCCc1nncn1C1CCN(C(=O)Cc2ccccc2)CC1. The topological polar surface area (TPSA) is 60.3 Å². The smallest absolute Gasteiger partial charge is 0.226 e. The van der Waals surface area contributed by atoms with Gasteiger partial charge in [0.1, 0.15) is 12.2 Å². The number of hydrogen-bond acceptors (Lipinski definition) is 4. The molecule has 0 aliphatic carbocycles. The third-order valence-corrected chi connectivity index (χ3v) is 4.59. The molecule has 2 heterocycles. The molecule has 1 amide bonds. The Kier molecular flexibility index (Phi) is 5.59. The number of methoxy groups -OCH3 is 1. The summed E-state index contributed by atoms with van der Waals surface area (Å²) in [7, 11) is 1.69. The highest BCUT2D eigenvalue weighted by Crippen LogP contribution is 2.24. The van der Waals surface area contributed by atoms with Crippen LogP contribution in [-0.4, -0.2) is 52.4 Å². The first kappa shape index (κ1) is 16.6. The number of carbonyl (C=O) groups is 1. The van der Waals surface area contributed by atoms with Crippen LogP contribution in [0, 0.1) is 0 Å². The van der Waals surface area contributed by atoms with Crippen LogP contribution in [0.5, 0.6) is 0 Å². The van der Waals surface area contributed by atoms with E-state index >= 15 is 0 Å².